The molecular formula is C61H95F6N3S2. The summed E-state index contributed by atoms with van der Waals surface area (Å²) in [7, 11) is 0. The molecule has 9 rings (SSSR count). The van der Waals surface area contributed by atoms with Gasteiger partial charge in [-0.1, -0.05) is 104 Å². The maximum Gasteiger partial charge on any atom is 0.391 e. The molecule has 0 amide bonds. The number of unbranched alkanes of at least 4 members (excludes halogenated alkanes) is 10. The summed E-state index contributed by atoms with van der Waals surface area (Å²) in [5, 5.41) is 8.55. The van der Waals surface area contributed by atoms with Gasteiger partial charge in [-0.25, -0.2) is 0 Å². The fraction of sp³-hybridized carbons (Fsp3) is 0.869. The van der Waals surface area contributed by atoms with Crippen LogP contribution in [0.1, 0.15) is 251 Å². The zero-order valence-corrected chi connectivity index (χ0v) is 46.5. The molecule has 408 valence electrons. The normalized spacial score (nSPS) is 36.9. The first-order valence-corrected chi connectivity index (χ1v) is 31.9. The van der Waals surface area contributed by atoms with Gasteiger partial charge in [-0.2, -0.15) is 26.3 Å². The second-order valence-corrected chi connectivity index (χ2v) is 27.8. The zero-order chi connectivity index (χ0) is 50.6. The van der Waals surface area contributed by atoms with E-state index < -0.39 is 24.2 Å². The van der Waals surface area contributed by atoms with E-state index in [9.17, 15) is 26.3 Å². The Morgan fingerprint density at radius 1 is 0.514 bits per heavy atom. The number of likely N-dealkylation sites (tertiary alicyclic amines) is 1. The average Bonchev–Trinajstić information content (AvgIpc) is 4.12. The Morgan fingerprint density at radius 2 is 0.972 bits per heavy atom. The van der Waals surface area contributed by atoms with Crippen LogP contribution in [0, 0.1) is 48.3 Å². The molecule has 7 fully saturated rings. The molecule has 0 spiro atoms. The van der Waals surface area contributed by atoms with Crippen LogP contribution in [-0.2, 0) is 0 Å². The number of nitrogens with zero attached hydrogens (tertiary/aromatic N) is 1. The van der Waals surface area contributed by atoms with Crippen molar-refractivity contribution in [3.8, 4) is 0 Å². The number of piperazine rings is 1. The number of rotatable bonds is 20. The van der Waals surface area contributed by atoms with Gasteiger partial charge in [0.05, 0.1) is 11.8 Å². The first kappa shape index (κ1) is 55.6. The number of hydrogen-bond acceptors (Lipinski definition) is 5. The van der Waals surface area contributed by atoms with Gasteiger partial charge in [0.25, 0.3) is 0 Å². The summed E-state index contributed by atoms with van der Waals surface area (Å²) in [6.07, 6.45) is 23.5. The van der Waals surface area contributed by atoms with Crippen molar-refractivity contribution in [2.75, 3.05) is 0 Å². The van der Waals surface area contributed by atoms with Crippen molar-refractivity contribution in [3.05, 3.63) is 43.8 Å². The summed E-state index contributed by atoms with van der Waals surface area (Å²) in [6.45, 7) is 9.34. The maximum absolute atomic E-state index is 14.1. The van der Waals surface area contributed by atoms with Crippen molar-refractivity contribution >= 4 is 22.7 Å². The Morgan fingerprint density at radius 3 is 1.47 bits per heavy atom. The summed E-state index contributed by atoms with van der Waals surface area (Å²) < 4.78 is 84.3. The van der Waals surface area contributed by atoms with Crippen LogP contribution in [0.2, 0.25) is 0 Å². The molecule has 0 radical (unpaired) electrons. The van der Waals surface area contributed by atoms with E-state index in [1.54, 1.807) is 4.88 Å². The number of halogens is 6. The van der Waals surface area contributed by atoms with E-state index in [-0.39, 0.29) is 73.5 Å². The predicted octanol–water partition coefficient (Wildman–Crippen LogP) is 18.4. The van der Waals surface area contributed by atoms with Crippen LogP contribution >= 0.6 is 22.7 Å². The Balaban J connectivity index is 0.961. The highest BCUT2D eigenvalue weighted by atomic mass is 32.1. The van der Waals surface area contributed by atoms with Crippen LogP contribution < -0.4 is 10.6 Å². The van der Waals surface area contributed by atoms with E-state index in [1.807, 2.05) is 11.3 Å². The largest absolute Gasteiger partial charge is 0.391 e. The number of alkyl halides is 6. The molecule has 3 nitrogen and oxygen atoms in total. The van der Waals surface area contributed by atoms with E-state index in [2.05, 4.69) is 78.8 Å². The Bertz CT molecular complexity index is 1910. The van der Waals surface area contributed by atoms with Crippen LogP contribution in [0.5, 0.6) is 0 Å². The lowest BCUT2D eigenvalue weighted by molar-refractivity contribution is -0.187. The fourth-order valence-corrected chi connectivity index (χ4v) is 19.3. The molecule has 0 bridgehead atoms. The van der Waals surface area contributed by atoms with Crippen molar-refractivity contribution < 1.29 is 26.3 Å². The number of nitrogens with one attached hydrogen (secondary N) is 2. The molecule has 2 aromatic rings. The maximum atomic E-state index is 14.1. The molecule has 12 unspecified atom stereocenters. The second kappa shape index (κ2) is 25.1. The molecule has 72 heavy (non-hydrogen) atoms. The number of hydrogen-bond donors (Lipinski definition) is 2. The lowest BCUT2D eigenvalue weighted by atomic mass is 9.65. The molecule has 5 saturated carbocycles. The van der Waals surface area contributed by atoms with E-state index >= 15 is 0 Å². The molecule has 5 aliphatic carbocycles. The molecule has 11 heteroatoms. The molecule has 7 aliphatic rings. The average molecular weight is 1050 g/mol. The lowest BCUT2D eigenvalue weighted by Gasteiger charge is -2.56. The highest BCUT2D eigenvalue weighted by Gasteiger charge is 2.56. The minimum atomic E-state index is -4.18. The highest BCUT2D eigenvalue weighted by molar-refractivity contribution is 7.12. The monoisotopic (exact) mass is 1050 g/mol. The van der Waals surface area contributed by atoms with E-state index in [1.165, 1.54) is 143 Å². The molecule has 12 atom stereocenters. The minimum Gasteiger partial charge on any atom is -0.307 e. The number of aryl methyl sites for hydroxylation is 1. The van der Waals surface area contributed by atoms with Crippen molar-refractivity contribution in [3.63, 3.8) is 0 Å². The lowest BCUT2D eigenvalue weighted by Crippen LogP contribution is -2.73. The van der Waals surface area contributed by atoms with E-state index in [0.29, 0.717) is 43.7 Å². The highest BCUT2D eigenvalue weighted by Crippen LogP contribution is 2.56. The van der Waals surface area contributed by atoms with Crippen molar-refractivity contribution in [1.82, 2.24) is 15.5 Å². The molecule has 2 aromatic heterocycles. The van der Waals surface area contributed by atoms with Gasteiger partial charge in [0.15, 0.2) is 0 Å². The molecule has 0 aromatic carbocycles. The molecule has 2 N–H and O–H groups in total. The van der Waals surface area contributed by atoms with Crippen LogP contribution in [0.15, 0.2) is 24.3 Å². The Labute approximate surface area is 440 Å². The zero-order valence-electron chi connectivity index (χ0n) is 44.9. The molecule has 4 heterocycles. The third-order valence-electron chi connectivity index (χ3n) is 20.7. The van der Waals surface area contributed by atoms with Gasteiger partial charge in [0.1, 0.15) is 0 Å². The summed E-state index contributed by atoms with van der Waals surface area (Å²) in [5.41, 5.74) is 0. The van der Waals surface area contributed by atoms with Gasteiger partial charge in [-0.05, 0) is 176 Å². The van der Waals surface area contributed by atoms with E-state index in [4.69, 9.17) is 0 Å². The minimum absolute atomic E-state index is 0.0590. The van der Waals surface area contributed by atoms with Gasteiger partial charge in [-0.3, -0.25) is 4.90 Å². The van der Waals surface area contributed by atoms with Gasteiger partial charge in [0.2, 0.25) is 0 Å². The second-order valence-electron chi connectivity index (χ2n) is 25.3. The summed E-state index contributed by atoms with van der Waals surface area (Å²) in [6, 6.07) is 11.7. The van der Waals surface area contributed by atoms with Gasteiger partial charge < -0.3 is 10.6 Å². The van der Waals surface area contributed by atoms with E-state index in [0.717, 1.165) is 36.6 Å². The Hall–Kier alpha value is -1.14. The fourth-order valence-electron chi connectivity index (χ4n) is 16.9. The molecule has 2 saturated heterocycles. The number of thiophene rings is 2. The quantitative estimate of drug-likeness (QED) is 0.102. The Kier molecular flexibility index (Phi) is 19.4. The van der Waals surface area contributed by atoms with Crippen LogP contribution in [0.3, 0.4) is 0 Å². The third-order valence-corrected chi connectivity index (χ3v) is 23.3. The standard InChI is InChI=1S/C61H95F6N3S2/c1-5-7-9-11-13-15-17-46(18-16-14-12-10-8-6-2)70-51-37-39(3)19-30-47(51)48-31-25-43(38-52(48)70)53-35-36-55(72-53)50-33-32-49(54-34-20-40(4)71-54)58-59(50)69-57(42-23-28-45(29-24-42)61(65,66)67)56(68-58)41-21-26-44(27-22-41)60(62,63)64/h20,34-36,39,41-52,56-59,68-69H,5-19,21-33,37-38H2,1-4H3. The van der Waals surface area contributed by atoms with Crippen molar-refractivity contribution in [2.45, 2.75) is 293 Å². The van der Waals surface area contributed by atoms with Crippen LogP contribution in [0.4, 0.5) is 26.3 Å². The van der Waals surface area contributed by atoms with Crippen molar-refractivity contribution in [2.24, 2.45) is 41.4 Å². The van der Waals surface area contributed by atoms with Gasteiger partial charge in [0, 0.05) is 73.6 Å². The van der Waals surface area contributed by atoms with Gasteiger partial charge >= 0.3 is 12.4 Å². The first-order chi connectivity index (χ1) is 34.7. The third kappa shape index (κ3) is 13.1. The molecule has 2 aliphatic heterocycles. The van der Waals surface area contributed by atoms with Gasteiger partial charge in [-0.15, -0.1) is 22.7 Å². The summed E-state index contributed by atoms with van der Waals surface area (Å²) in [5.74, 6) is 1.22. The summed E-state index contributed by atoms with van der Waals surface area (Å²) >= 11 is 3.95. The smallest absolute Gasteiger partial charge is 0.307 e. The van der Waals surface area contributed by atoms with Crippen LogP contribution in [-0.4, -0.2) is 59.5 Å². The van der Waals surface area contributed by atoms with Crippen molar-refractivity contribution in [1.29, 1.82) is 0 Å². The first-order valence-electron chi connectivity index (χ1n) is 30.3. The topological polar surface area (TPSA) is 27.3 Å². The summed E-state index contributed by atoms with van der Waals surface area (Å²) in [4.78, 5) is 8.92. The van der Waals surface area contributed by atoms with Crippen LogP contribution in [0.25, 0.3) is 0 Å². The predicted molar refractivity (Wildman–Crippen MR) is 288 cm³/mol. The SMILES string of the molecule is CCCCCCCCC(CCCCCCCC)N1C2CC(C)CCC2C2CCC(c3ccc(C4CCC(c5ccc(C)s5)C5NC(C6CCC(C(F)(F)F)CC6)C(C6CCC(C(F)(F)F)CC6)NC45)s3)CC21. The number of fused-ring (bicyclic) bond motifs is 4. The molecular weight excluding hydrogens is 953 g/mol.